The summed E-state index contributed by atoms with van der Waals surface area (Å²) in [7, 11) is 0. The predicted molar refractivity (Wildman–Crippen MR) is 102 cm³/mol. The molecule has 1 N–H and O–H groups in total. The van der Waals surface area contributed by atoms with Gasteiger partial charge in [-0.25, -0.2) is 4.98 Å². The number of hydrogen-bond acceptors (Lipinski definition) is 4. The van der Waals surface area contributed by atoms with Crippen LogP contribution in [0.2, 0.25) is 0 Å². The Bertz CT molecular complexity index is 932. The molecular formula is C17H10BrF3N2OS2. The normalized spacial score (nSPS) is 12.2. The molecule has 0 spiro atoms. The quantitative estimate of drug-likeness (QED) is 0.475. The number of anilines is 1. The van der Waals surface area contributed by atoms with Crippen LogP contribution in [0.25, 0.3) is 11.6 Å². The minimum atomic E-state index is -4.54. The number of nitrogens with one attached hydrogen (secondary N) is 1. The van der Waals surface area contributed by atoms with Gasteiger partial charge in [-0.1, -0.05) is 34.1 Å². The number of rotatable bonds is 4. The van der Waals surface area contributed by atoms with Crippen molar-refractivity contribution < 1.29 is 18.0 Å². The Hall–Kier alpha value is -1.97. The number of amides is 1. The van der Waals surface area contributed by atoms with E-state index in [-0.39, 0.29) is 5.13 Å². The fourth-order valence-electron chi connectivity index (χ4n) is 2.05. The molecule has 9 heteroatoms. The molecule has 0 atom stereocenters. The molecule has 3 nitrogen and oxygen atoms in total. The van der Waals surface area contributed by atoms with E-state index in [9.17, 15) is 18.0 Å². The van der Waals surface area contributed by atoms with E-state index in [0.717, 1.165) is 26.1 Å². The van der Waals surface area contributed by atoms with Crippen LogP contribution in [0.1, 0.15) is 16.1 Å². The number of hydrogen-bond donors (Lipinski definition) is 1. The molecule has 26 heavy (non-hydrogen) atoms. The minimum absolute atomic E-state index is 0.100. The average molecular weight is 459 g/mol. The molecule has 0 fully saturated rings. The monoisotopic (exact) mass is 458 g/mol. The summed E-state index contributed by atoms with van der Waals surface area (Å²) in [6, 6.07) is 10.8. The first-order valence-electron chi connectivity index (χ1n) is 7.18. The van der Waals surface area contributed by atoms with Gasteiger partial charge in [0.25, 0.3) is 5.91 Å². The molecule has 0 saturated carbocycles. The van der Waals surface area contributed by atoms with E-state index < -0.39 is 17.8 Å². The van der Waals surface area contributed by atoms with Gasteiger partial charge in [0.2, 0.25) is 0 Å². The van der Waals surface area contributed by atoms with Crippen molar-refractivity contribution in [1.29, 1.82) is 0 Å². The molecule has 1 amide bonds. The summed E-state index contributed by atoms with van der Waals surface area (Å²) in [5, 5.41) is 5.10. The van der Waals surface area contributed by atoms with Crippen molar-refractivity contribution in [2.45, 2.75) is 6.18 Å². The lowest BCUT2D eigenvalue weighted by atomic mass is 10.0. The van der Waals surface area contributed by atoms with Gasteiger partial charge in [0.05, 0.1) is 0 Å². The molecule has 0 radical (unpaired) electrons. The molecule has 134 valence electrons. The lowest BCUT2D eigenvalue weighted by Crippen LogP contribution is -2.14. The second kappa shape index (κ2) is 7.73. The van der Waals surface area contributed by atoms with Gasteiger partial charge in [0.15, 0.2) is 10.8 Å². The van der Waals surface area contributed by atoms with E-state index in [0.29, 0.717) is 11.1 Å². The van der Waals surface area contributed by atoms with Crippen LogP contribution in [-0.4, -0.2) is 10.9 Å². The maximum absolute atomic E-state index is 12.7. The first-order valence-corrected chi connectivity index (χ1v) is 9.73. The van der Waals surface area contributed by atoms with Crippen molar-refractivity contribution in [2.24, 2.45) is 0 Å². The van der Waals surface area contributed by atoms with Gasteiger partial charge in [0, 0.05) is 20.3 Å². The Morgan fingerprint density at radius 1 is 1.15 bits per heavy atom. The largest absolute Gasteiger partial charge is 0.434 e. The van der Waals surface area contributed by atoms with Gasteiger partial charge in [-0.05, 0) is 35.2 Å². The molecule has 0 bridgehead atoms. The summed E-state index contributed by atoms with van der Waals surface area (Å²) in [4.78, 5) is 17.0. The SMILES string of the molecule is O=C(Nc1nc(C(F)(F)F)cs1)C(=Cc1cccs1)c1ccc(Br)cc1. The number of halogens is 4. The number of alkyl halides is 3. The number of carbonyl (C=O) groups excluding carboxylic acids is 1. The van der Waals surface area contributed by atoms with Gasteiger partial charge in [0.1, 0.15) is 0 Å². The summed E-state index contributed by atoms with van der Waals surface area (Å²) in [6.45, 7) is 0. The summed E-state index contributed by atoms with van der Waals surface area (Å²) in [6.07, 6.45) is -2.84. The van der Waals surface area contributed by atoms with Crippen LogP contribution in [0, 0.1) is 0 Å². The van der Waals surface area contributed by atoms with E-state index in [4.69, 9.17) is 0 Å². The van der Waals surface area contributed by atoms with Gasteiger partial charge in [-0.2, -0.15) is 13.2 Å². The maximum Gasteiger partial charge on any atom is 0.434 e. The lowest BCUT2D eigenvalue weighted by molar-refractivity contribution is -0.140. The van der Waals surface area contributed by atoms with Gasteiger partial charge < -0.3 is 0 Å². The zero-order chi connectivity index (χ0) is 18.7. The molecule has 2 heterocycles. The molecule has 0 aliphatic heterocycles. The Balaban J connectivity index is 1.90. The highest BCUT2D eigenvalue weighted by atomic mass is 79.9. The zero-order valence-electron chi connectivity index (χ0n) is 12.9. The third-order valence-corrected chi connectivity index (χ3v) is 5.35. The number of nitrogens with zero attached hydrogens (tertiary/aromatic N) is 1. The lowest BCUT2D eigenvalue weighted by Gasteiger charge is -2.08. The van der Waals surface area contributed by atoms with Crippen molar-refractivity contribution >= 4 is 61.3 Å². The van der Waals surface area contributed by atoms with E-state index in [1.165, 1.54) is 11.3 Å². The molecule has 0 aliphatic rings. The Morgan fingerprint density at radius 2 is 1.88 bits per heavy atom. The number of benzene rings is 1. The number of aromatic nitrogens is 1. The van der Waals surface area contributed by atoms with E-state index in [1.807, 2.05) is 17.5 Å². The number of carbonyl (C=O) groups is 1. The number of thiazole rings is 1. The molecule has 3 aromatic rings. The van der Waals surface area contributed by atoms with Crippen LogP contribution in [0.15, 0.2) is 51.6 Å². The molecular weight excluding hydrogens is 449 g/mol. The highest BCUT2D eigenvalue weighted by molar-refractivity contribution is 9.10. The first-order chi connectivity index (χ1) is 12.3. The Labute approximate surface area is 163 Å². The molecule has 2 aromatic heterocycles. The average Bonchev–Trinajstić information content (AvgIpc) is 3.24. The maximum atomic E-state index is 12.7. The van der Waals surface area contributed by atoms with Crippen LogP contribution in [0.4, 0.5) is 18.3 Å². The second-order valence-corrected chi connectivity index (χ2v) is 7.82. The third kappa shape index (κ3) is 4.60. The predicted octanol–water partition coefficient (Wildman–Crippen LogP) is 6.17. The van der Waals surface area contributed by atoms with Crippen LogP contribution in [-0.2, 0) is 11.0 Å². The fraction of sp³-hybridized carbons (Fsp3) is 0.0588. The molecule has 0 saturated heterocycles. The van der Waals surface area contributed by atoms with Crippen molar-refractivity contribution in [3.63, 3.8) is 0 Å². The van der Waals surface area contributed by atoms with Crippen molar-refractivity contribution in [2.75, 3.05) is 5.32 Å². The summed E-state index contributed by atoms with van der Waals surface area (Å²) in [5.74, 6) is -0.524. The van der Waals surface area contributed by atoms with E-state index in [1.54, 1.807) is 30.3 Å². The standard InChI is InChI=1S/C17H10BrF3N2OS2/c18-11-5-3-10(4-6-11)13(8-12-2-1-7-25-12)15(24)23-16-22-14(9-26-16)17(19,20)21/h1-9H,(H,22,23,24). The van der Waals surface area contributed by atoms with Crippen LogP contribution >= 0.6 is 38.6 Å². The summed E-state index contributed by atoms with van der Waals surface area (Å²) < 4.78 is 38.9. The van der Waals surface area contributed by atoms with Crippen LogP contribution in [0.3, 0.4) is 0 Å². The molecule has 0 unspecified atom stereocenters. The van der Waals surface area contributed by atoms with Crippen molar-refractivity contribution in [1.82, 2.24) is 4.98 Å². The topological polar surface area (TPSA) is 42.0 Å². The van der Waals surface area contributed by atoms with E-state index >= 15 is 0 Å². The summed E-state index contributed by atoms with van der Waals surface area (Å²) in [5.41, 5.74) is -0.0411. The Kier molecular flexibility index (Phi) is 5.59. The third-order valence-electron chi connectivity index (χ3n) is 3.24. The Morgan fingerprint density at radius 3 is 2.46 bits per heavy atom. The fourth-order valence-corrected chi connectivity index (χ4v) is 3.68. The van der Waals surface area contributed by atoms with Crippen molar-refractivity contribution in [3.8, 4) is 0 Å². The zero-order valence-corrected chi connectivity index (χ0v) is 16.1. The van der Waals surface area contributed by atoms with E-state index in [2.05, 4.69) is 26.2 Å². The number of thiophene rings is 1. The van der Waals surface area contributed by atoms with Gasteiger partial charge >= 0.3 is 6.18 Å². The highest BCUT2D eigenvalue weighted by Crippen LogP contribution is 2.32. The molecule has 3 rings (SSSR count). The summed E-state index contributed by atoms with van der Waals surface area (Å²) >= 11 is 5.52. The molecule has 1 aromatic carbocycles. The second-order valence-electron chi connectivity index (χ2n) is 5.07. The van der Waals surface area contributed by atoms with Crippen LogP contribution in [0.5, 0.6) is 0 Å². The molecule has 0 aliphatic carbocycles. The highest BCUT2D eigenvalue weighted by Gasteiger charge is 2.34. The van der Waals surface area contributed by atoms with Gasteiger partial charge in [-0.15, -0.1) is 22.7 Å². The van der Waals surface area contributed by atoms with Crippen LogP contribution < -0.4 is 5.32 Å². The smallest absolute Gasteiger partial charge is 0.298 e. The minimum Gasteiger partial charge on any atom is -0.298 e. The van der Waals surface area contributed by atoms with Gasteiger partial charge in [-0.3, -0.25) is 10.1 Å². The first kappa shape index (κ1) is 18.8. The van der Waals surface area contributed by atoms with Crippen molar-refractivity contribution in [3.05, 3.63) is 67.8 Å².